The first-order chi connectivity index (χ1) is 15.5. The van der Waals surface area contributed by atoms with E-state index in [9.17, 15) is 18.3 Å². The molecule has 1 aromatic heterocycles. The molecule has 0 bridgehead atoms. The van der Waals surface area contributed by atoms with Crippen molar-refractivity contribution in [1.82, 2.24) is 9.97 Å². The molecule has 0 spiro atoms. The van der Waals surface area contributed by atoms with E-state index < -0.39 is 28.5 Å². The van der Waals surface area contributed by atoms with Gasteiger partial charge in [-0.3, -0.25) is 0 Å². The highest BCUT2D eigenvalue weighted by molar-refractivity contribution is 6.31. The van der Waals surface area contributed by atoms with Gasteiger partial charge in [-0.25, -0.2) is 0 Å². The van der Waals surface area contributed by atoms with E-state index in [0.29, 0.717) is 36.6 Å². The third-order valence-corrected chi connectivity index (χ3v) is 6.34. The summed E-state index contributed by atoms with van der Waals surface area (Å²) >= 11 is 5.92. The molecule has 180 valence electrons. The van der Waals surface area contributed by atoms with Crippen molar-refractivity contribution in [3.05, 3.63) is 39.5 Å². The summed E-state index contributed by atoms with van der Waals surface area (Å²) < 4.78 is 52.5. The topological polar surface area (TPSA) is 93.7 Å². The molecule has 0 radical (unpaired) electrons. The van der Waals surface area contributed by atoms with Crippen LogP contribution in [-0.2, 0) is 23.9 Å². The van der Waals surface area contributed by atoms with Gasteiger partial charge in [0, 0.05) is 30.8 Å². The number of rotatable bonds is 3. The van der Waals surface area contributed by atoms with Crippen LogP contribution in [0.1, 0.15) is 54.7 Å². The molecule has 2 unspecified atom stereocenters. The zero-order valence-corrected chi connectivity index (χ0v) is 19.1. The van der Waals surface area contributed by atoms with E-state index in [1.165, 1.54) is 13.2 Å². The fraction of sp³-hybridized carbons (Fsp3) is 0.545. The van der Waals surface area contributed by atoms with Crippen LogP contribution in [0.25, 0.3) is 0 Å². The summed E-state index contributed by atoms with van der Waals surface area (Å²) in [5, 5.41) is 10.2. The third-order valence-electron chi connectivity index (χ3n) is 6.04. The number of hydrogen-bond donors (Lipinski definition) is 2. The average molecular weight is 487 g/mol. The Morgan fingerprint density at radius 3 is 2.76 bits per heavy atom. The van der Waals surface area contributed by atoms with Gasteiger partial charge in [0.15, 0.2) is 0 Å². The monoisotopic (exact) mass is 486 g/mol. The van der Waals surface area contributed by atoms with Crippen LogP contribution in [0.2, 0.25) is 5.02 Å². The first-order valence-electron chi connectivity index (χ1n) is 10.7. The van der Waals surface area contributed by atoms with Crippen molar-refractivity contribution in [3.8, 4) is 6.01 Å². The lowest BCUT2D eigenvalue weighted by Gasteiger charge is -2.33. The Morgan fingerprint density at radius 2 is 2.06 bits per heavy atom. The van der Waals surface area contributed by atoms with Gasteiger partial charge in [-0.15, -0.1) is 0 Å². The van der Waals surface area contributed by atoms with Gasteiger partial charge in [0.05, 0.1) is 41.7 Å². The molecule has 7 nitrogen and oxygen atoms in total. The van der Waals surface area contributed by atoms with Gasteiger partial charge in [-0.05, 0) is 43.9 Å². The number of β-amino-alcohol motifs (C(OH)–C–C–N with tert-alkyl or cyclic N) is 1. The van der Waals surface area contributed by atoms with Gasteiger partial charge >= 0.3 is 12.2 Å². The molecule has 2 atom stereocenters. The number of methoxy groups -OCH3 is 1. The molecule has 0 aliphatic carbocycles. The van der Waals surface area contributed by atoms with Gasteiger partial charge in [-0.1, -0.05) is 11.6 Å². The number of nitrogens with zero attached hydrogens (tertiary/aromatic N) is 3. The summed E-state index contributed by atoms with van der Waals surface area (Å²) in [6.45, 7) is 2.83. The molecule has 3 N–H and O–H groups in total. The molecule has 2 aliphatic heterocycles. The van der Waals surface area contributed by atoms with Crippen molar-refractivity contribution < 1.29 is 27.8 Å². The fourth-order valence-corrected chi connectivity index (χ4v) is 4.89. The lowest BCUT2D eigenvalue weighted by molar-refractivity contribution is -0.139. The molecule has 33 heavy (non-hydrogen) atoms. The molecule has 1 fully saturated rings. The molecule has 1 saturated heterocycles. The van der Waals surface area contributed by atoms with E-state index >= 15 is 0 Å². The number of hydrogen-bond acceptors (Lipinski definition) is 7. The quantitative estimate of drug-likeness (QED) is 0.625. The zero-order chi connectivity index (χ0) is 24.0. The van der Waals surface area contributed by atoms with E-state index in [2.05, 4.69) is 9.97 Å². The number of nitrogens with two attached hydrogens (primary N) is 1. The van der Waals surface area contributed by atoms with E-state index in [4.69, 9.17) is 26.8 Å². The van der Waals surface area contributed by atoms with Crippen LogP contribution in [0.5, 0.6) is 6.01 Å². The lowest BCUT2D eigenvalue weighted by Crippen LogP contribution is -2.40. The highest BCUT2D eigenvalue weighted by atomic mass is 35.5. The summed E-state index contributed by atoms with van der Waals surface area (Å²) in [5.74, 6) is 0.569. The van der Waals surface area contributed by atoms with Crippen LogP contribution in [0, 0.1) is 0 Å². The number of alkyl halides is 3. The number of benzene rings is 1. The van der Waals surface area contributed by atoms with Crippen LogP contribution in [0.4, 0.5) is 24.7 Å². The first-order valence-corrected chi connectivity index (χ1v) is 11.0. The molecule has 1 aromatic carbocycles. The predicted molar refractivity (Wildman–Crippen MR) is 117 cm³/mol. The second kappa shape index (κ2) is 8.81. The molecule has 11 heteroatoms. The molecular formula is C22H26ClF3N4O3. The number of anilines is 2. The Labute approximate surface area is 194 Å². The molecule has 0 amide bonds. The second-order valence-corrected chi connectivity index (χ2v) is 9.21. The number of aliphatic hydroxyl groups is 1. The van der Waals surface area contributed by atoms with Crippen LogP contribution in [0.3, 0.4) is 0 Å². The van der Waals surface area contributed by atoms with Gasteiger partial charge in [0.25, 0.3) is 0 Å². The molecule has 0 saturated carbocycles. The number of ether oxygens (including phenoxy) is 2. The van der Waals surface area contributed by atoms with Crippen molar-refractivity contribution in [2.45, 2.75) is 57.1 Å². The Kier molecular flexibility index (Phi) is 6.36. The normalized spacial score (nSPS) is 23.7. The lowest BCUT2D eigenvalue weighted by atomic mass is 9.94. The second-order valence-electron chi connectivity index (χ2n) is 8.80. The highest BCUT2D eigenvalue weighted by Gasteiger charge is 2.40. The summed E-state index contributed by atoms with van der Waals surface area (Å²) in [6, 6.07) is 2.43. The largest absolute Gasteiger partial charge is 0.467 e. The number of nitrogen functional groups attached to an aromatic ring is 1. The first kappa shape index (κ1) is 23.8. The molecular weight excluding hydrogens is 461 g/mol. The van der Waals surface area contributed by atoms with Crippen LogP contribution >= 0.6 is 11.6 Å². The Balaban J connectivity index is 1.75. The maximum absolute atomic E-state index is 13.8. The molecule has 4 rings (SSSR count). The summed E-state index contributed by atoms with van der Waals surface area (Å²) in [6.07, 6.45) is -3.14. The van der Waals surface area contributed by atoms with Gasteiger partial charge in [0.1, 0.15) is 5.82 Å². The van der Waals surface area contributed by atoms with Crippen molar-refractivity contribution in [1.29, 1.82) is 0 Å². The number of aromatic nitrogens is 2. The average Bonchev–Trinajstić information content (AvgIpc) is 2.91. The van der Waals surface area contributed by atoms with Gasteiger partial charge in [0.2, 0.25) is 0 Å². The molecule has 3 heterocycles. The minimum absolute atomic E-state index is 0.00167. The van der Waals surface area contributed by atoms with Crippen molar-refractivity contribution in [2.24, 2.45) is 0 Å². The SMILES string of the molecule is COc1nc2c(c(N3CCCCC(C)(O)C3)n1)COC(c1cc(N)cc(Cl)c1C(F)(F)F)C2. The summed E-state index contributed by atoms with van der Waals surface area (Å²) in [4.78, 5) is 10.9. The predicted octanol–water partition coefficient (Wildman–Crippen LogP) is 4.29. The van der Waals surface area contributed by atoms with E-state index in [1.807, 2.05) is 4.90 Å². The maximum atomic E-state index is 13.8. The van der Waals surface area contributed by atoms with Crippen LogP contribution in [-0.4, -0.2) is 40.9 Å². The summed E-state index contributed by atoms with van der Waals surface area (Å²) in [5.41, 5.74) is 5.14. The summed E-state index contributed by atoms with van der Waals surface area (Å²) in [7, 11) is 1.43. The van der Waals surface area contributed by atoms with Gasteiger partial charge < -0.3 is 25.2 Å². The van der Waals surface area contributed by atoms with Crippen molar-refractivity contribution >= 4 is 23.1 Å². The maximum Gasteiger partial charge on any atom is 0.418 e. The van der Waals surface area contributed by atoms with E-state index in [0.717, 1.165) is 18.9 Å². The third kappa shape index (κ3) is 4.97. The van der Waals surface area contributed by atoms with Crippen LogP contribution in [0.15, 0.2) is 12.1 Å². The molecule has 2 aliphatic rings. The van der Waals surface area contributed by atoms with Crippen molar-refractivity contribution in [3.63, 3.8) is 0 Å². The zero-order valence-electron chi connectivity index (χ0n) is 18.4. The van der Waals surface area contributed by atoms with Crippen molar-refractivity contribution in [2.75, 3.05) is 30.8 Å². The molecule has 2 aromatic rings. The number of halogens is 4. The Morgan fingerprint density at radius 1 is 1.30 bits per heavy atom. The smallest absolute Gasteiger partial charge is 0.418 e. The Hall–Kier alpha value is -2.30. The van der Waals surface area contributed by atoms with E-state index in [-0.39, 0.29) is 30.3 Å². The van der Waals surface area contributed by atoms with Crippen LogP contribution < -0.4 is 15.4 Å². The minimum atomic E-state index is -4.67. The minimum Gasteiger partial charge on any atom is -0.467 e. The fourth-order valence-electron chi connectivity index (χ4n) is 4.54. The van der Waals surface area contributed by atoms with Gasteiger partial charge in [-0.2, -0.15) is 23.1 Å². The standard InChI is InChI=1S/C22H26ClF3N4O3/c1-21(31)5-3-4-6-30(11-21)19-14-10-33-17(9-16(14)28-20(29-19)32-2)13-7-12(27)8-15(23)18(13)22(24,25)26/h7-8,17,31H,3-6,9-11,27H2,1-2H3. The van der Waals surface area contributed by atoms with E-state index in [1.54, 1.807) is 6.92 Å². The Bertz CT molecular complexity index is 1050. The highest BCUT2D eigenvalue weighted by Crippen LogP contribution is 2.44. The number of fused-ring (bicyclic) bond motifs is 1.